The van der Waals surface area contributed by atoms with Crippen molar-refractivity contribution in [2.75, 3.05) is 13.1 Å². The van der Waals surface area contributed by atoms with Gasteiger partial charge in [0.1, 0.15) is 0 Å². The van der Waals surface area contributed by atoms with Crippen LogP contribution in [0.15, 0.2) is 10.5 Å². The first-order valence-electron chi connectivity index (χ1n) is 3.94. The van der Waals surface area contributed by atoms with Crippen LogP contribution < -0.4 is 5.84 Å². The number of thioether (sulfide) groups is 1. The summed E-state index contributed by atoms with van der Waals surface area (Å²) in [4.78, 5) is 1.46. The zero-order valence-electron chi connectivity index (χ0n) is 7.42. The molecular formula is C8H16N2S. The van der Waals surface area contributed by atoms with E-state index in [0.717, 1.165) is 13.1 Å². The number of rotatable bonds is 2. The third-order valence-electron chi connectivity index (χ3n) is 1.64. The van der Waals surface area contributed by atoms with E-state index in [2.05, 4.69) is 20.8 Å². The minimum Gasteiger partial charge on any atom is -0.268 e. The van der Waals surface area contributed by atoms with Gasteiger partial charge in [0, 0.05) is 23.2 Å². The van der Waals surface area contributed by atoms with Crippen molar-refractivity contribution >= 4 is 11.8 Å². The molecule has 0 atom stereocenters. The van der Waals surface area contributed by atoms with Gasteiger partial charge in [0.05, 0.1) is 0 Å². The van der Waals surface area contributed by atoms with Gasteiger partial charge in [-0.15, -0.1) is 11.8 Å². The number of hydrogen-bond acceptors (Lipinski definition) is 3. The van der Waals surface area contributed by atoms with E-state index in [-0.39, 0.29) is 0 Å². The molecule has 2 nitrogen and oxygen atoms in total. The first kappa shape index (κ1) is 9.10. The van der Waals surface area contributed by atoms with Crippen molar-refractivity contribution in [2.45, 2.75) is 26.0 Å². The van der Waals surface area contributed by atoms with Crippen LogP contribution in [0, 0.1) is 0 Å². The summed E-state index contributed by atoms with van der Waals surface area (Å²) >= 11 is 1.93. The van der Waals surface area contributed by atoms with Crippen LogP contribution in [-0.2, 0) is 0 Å². The van der Waals surface area contributed by atoms with Crippen LogP contribution in [-0.4, -0.2) is 23.3 Å². The standard InChI is InChI=1S/C8H16N2S/c1-6(2)11-8-5-10(9)4-7(8)3/h6H,4-5,9H2,1-3H3. The summed E-state index contributed by atoms with van der Waals surface area (Å²) in [6.07, 6.45) is 0. The molecule has 0 aromatic carbocycles. The Hall–Kier alpha value is 0.01000. The molecule has 0 spiro atoms. The SMILES string of the molecule is CC1=C(SC(C)C)CN(N)C1. The minimum atomic E-state index is 0.673. The summed E-state index contributed by atoms with van der Waals surface area (Å²) in [5.74, 6) is 5.67. The Labute approximate surface area is 72.8 Å². The average Bonchev–Trinajstić information content (AvgIpc) is 2.09. The van der Waals surface area contributed by atoms with Crippen molar-refractivity contribution in [3.05, 3.63) is 10.5 Å². The molecule has 2 N–H and O–H groups in total. The summed E-state index contributed by atoms with van der Waals surface area (Å²) in [6, 6.07) is 0. The van der Waals surface area contributed by atoms with Gasteiger partial charge in [-0.25, -0.2) is 5.01 Å². The van der Waals surface area contributed by atoms with E-state index in [1.165, 1.54) is 10.5 Å². The molecule has 1 aliphatic heterocycles. The topological polar surface area (TPSA) is 29.3 Å². The minimum absolute atomic E-state index is 0.673. The van der Waals surface area contributed by atoms with Gasteiger partial charge in [0.25, 0.3) is 0 Å². The highest BCUT2D eigenvalue weighted by Crippen LogP contribution is 2.28. The zero-order valence-corrected chi connectivity index (χ0v) is 8.24. The largest absolute Gasteiger partial charge is 0.268 e. The summed E-state index contributed by atoms with van der Waals surface area (Å²) in [7, 11) is 0. The molecule has 0 radical (unpaired) electrons. The van der Waals surface area contributed by atoms with Crippen LogP contribution in [0.5, 0.6) is 0 Å². The van der Waals surface area contributed by atoms with Gasteiger partial charge in [-0.3, -0.25) is 5.84 Å². The highest BCUT2D eigenvalue weighted by molar-refractivity contribution is 8.03. The van der Waals surface area contributed by atoms with E-state index < -0.39 is 0 Å². The molecule has 64 valence electrons. The molecule has 0 bridgehead atoms. The van der Waals surface area contributed by atoms with Crippen molar-refractivity contribution in [3.8, 4) is 0 Å². The molecule has 0 amide bonds. The van der Waals surface area contributed by atoms with Crippen LogP contribution in [0.3, 0.4) is 0 Å². The Bertz CT molecular complexity index is 175. The van der Waals surface area contributed by atoms with E-state index in [4.69, 9.17) is 5.84 Å². The Kier molecular flexibility index (Phi) is 2.98. The second-order valence-corrected chi connectivity index (χ2v) is 4.95. The fourth-order valence-electron chi connectivity index (χ4n) is 1.19. The van der Waals surface area contributed by atoms with Crippen molar-refractivity contribution in [1.29, 1.82) is 0 Å². The fourth-order valence-corrected chi connectivity index (χ4v) is 2.27. The number of nitrogens with zero attached hydrogens (tertiary/aromatic N) is 1. The first-order valence-corrected chi connectivity index (χ1v) is 4.82. The molecule has 3 heteroatoms. The van der Waals surface area contributed by atoms with Crippen LogP contribution in [0.4, 0.5) is 0 Å². The lowest BCUT2D eigenvalue weighted by atomic mass is 10.3. The van der Waals surface area contributed by atoms with Crippen LogP contribution in [0.25, 0.3) is 0 Å². The molecule has 0 unspecified atom stereocenters. The molecule has 0 aromatic rings. The van der Waals surface area contributed by atoms with Gasteiger partial charge >= 0.3 is 0 Å². The molecule has 0 saturated carbocycles. The summed E-state index contributed by atoms with van der Waals surface area (Å²) < 4.78 is 0. The quantitative estimate of drug-likeness (QED) is 0.641. The third kappa shape index (κ3) is 2.51. The molecule has 11 heavy (non-hydrogen) atoms. The van der Waals surface area contributed by atoms with E-state index in [0.29, 0.717) is 5.25 Å². The molecule has 1 rings (SSSR count). The maximum Gasteiger partial charge on any atom is 0.0442 e. The van der Waals surface area contributed by atoms with Gasteiger partial charge < -0.3 is 0 Å². The predicted octanol–water partition coefficient (Wildman–Crippen LogP) is 1.59. The third-order valence-corrected chi connectivity index (χ3v) is 2.87. The van der Waals surface area contributed by atoms with Crippen LogP contribution >= 0.6 is 11.8 Å². The Balaban J connectivity index is 2.51. The second kappa shape index (κ2) is 3.61. The Morgan fingerprint density at radius 2 is 2.09 bits per heavy atom. The lowest BCUT2D eigenvalue weighted by molar-refractivity contribution is 0.364. The van der Waals surface area contributed by atoms with Gasteiger partial charge in [-0.1, -0.05) is 13.8 Å². The average molecular weight is 172 g/mol. The van der Waals surface area contributed by atoms with Gasteiger partial charge in [-0.2, -0.15) is 0 Å². The molecule has 0 fully saturated rings. The van der Waals surface area contributed by atoms with Crippen molar-refractivity contribution < 1.29 is 0 Å². The fraction of sp³-hybridized carbons (Fsp3) is 0.750. The number of hydrogen-bond donors (Lipinski definition) is 1. The van der Waals surface area contributed by atoms with Gasteiger partial charge in [-0.05, 0) is 12.5 Å². The molecular weight excluding hydrogens is 156 g/mol. The normalized spacial score (nSPS) is 20.5. The monoisotopic (exact) mass is 172 g/mol. The molecule has 0 aromatic heterocycles. The summed E-state index contributed by atoms with van der Waals surface area (Å²) in [5, 5.41) is 2.53. The molecule has 0 aliphatic carbocycles. The summed E-state index contributed by atoms with van der Waals surface area (Å²) in [5.41, 5.74) is 1.44. The zero-order chi connectivity index (χ0) is 8.43. The van der Waals surface area contributed by atoms with Gasteiger partial charge in [0.2, 0.25) is 0 Å². The summed E-state index contributed by atoms with van der Waals surface area (Å²) in [6.45, 7) is 8.47. The smallest absolute Gasteiger partial charge is 0.0442 e. The maximum atomic E-state index is 5.67. The Morgan fingerprint density at radius 3 is 2.45 bits per heavy atom. The van der Waals surface area contributed by atoms with E-state index in [1.807, 2.05) is 16.8 Å². The van der Waals surface area contributed by atoms with Crippen molar-refractivity contribution in [1.82, 2.24) is 5.01 Å². The number of nitrogens with two attached hydrogens (primary N) is 1. The molecule has 1 aliphatic rings. The van der Waals surface area contributed by atoms with E-state index in [1.54, 1.807) is 0 Å². The van der Waals surface area contributed by atoms with Crippen LogP contribution in [0.2, 0.25) is 0 Å². The highest BCUT2D eigenvalue weighted by atomic mass is 32.2. The predicted molar refractivity (Wildman–Crippen MR) is 51.2 cm³/mol. The van der Waals surface area contributed by atoms with Crippen molar-refractivity contribution in [2.24, 2.45) is 5.84 Å². The lowest BCUT2D eigenvalue weighted by Crippen LogP contribution is -2.28. The molecule has 1 heterocycles. The van der Waals surface area contributed by atoms with Crippen molar-refractivity contribution in [3.63, 3.8) is 0 Å². The Morgan fingerprint density at radius 1 is 1.45 bits per heavy atom. The lowest BCUT2D eigenvalue weighted by Gasteiger charge is -2.08. The highest BCUT2D eigenvalue weighted by Gasteiger charge is 2.16. The van der Waals surface area contributed by atoms with Gasteiger partial charge in [0.15, 0.2) is 0 Å². The van der Waals surface area contributed by atoms with E-state index >= 15 is 0 Å². The van der Waals surface area contributed by atoms with Crippen LogP contribution in [0.1, 0.15) is 20.8 Å². The maximum absolute atomic E-state index is 5.67. The molecule has 0 saturated heterocycles. The number of hydrazine groups is 1. The first-order chi connectivity index (χ1) is 5.09. The van der Waals surface area contributed by atoms with E-state index in [9.17, 15) is 0 Å². The second-order valence-electron chi connectivity index (χ2n) is 3.28.